The lowest BCUT2D eigenvalue weighted by Gasteiger charge is -2.46. The number of hydrogen-bond donors (Lipinski definition) is 2. The van der Waals surface area contributed by atoms with Crippen molar-refractivity contribution in [1.29, 1.82) is 0 Å². The molecule has 4 heteroatoms. The van der Waals surface area contributed by atoms with E-state index in [2.05, 4.69) is 4.90 Å². The molecule has 0 spiro atoms. The molecule has 14 heavy (non-hydrogen) atoms. The molecule has 1 saturated heterocycles. The summed E-state index contributed by atoms with van der Waals surface area (Å²) in [4.78, 5) is 13.3. The molecule has 1 atom stereocenters. The monoisotopic (exact) mass is 197 g/mol. The van der Waals surface area contributed by atoms with E-state index < -0.39 is 0 Å². The van der Waals surface area contributed by atoms with Crippen LogP contribution in [0.25, 0.3) is 0 Å². The van der Waals surface area contributed by atoms with E-state index >= 15 is 0 Å². The van der Waals surface area contributed by atoms with Gasteiger partial charge in [0.05, 0.1) is 6.04 Å². The van der Waals surface area contributed by atoms with Crippen LogP contribution in [0.3, 0.4) is 0 Å². The van der Waals surface area contributed by atoms with Gasteiger partial charge in [0.2, 0.25) is 5.91 Å². The zero-order valence-electron chi connectivity index (χ0n) is 8.48. The highest BCUT2D eigenvalue weighted by atomic mass is 16.1. The first-order valence-electron chi connectivity index (χ1n) is 5.49. The van der Waals surface area contributed by atoms with Gasteiger partial charge in [0.15, 0.2) is 0 Å². The third kappa shape index (κ3) is 1.77. The molecule has 2 aliphatic rings. The van der Waals surface area contributed by atoms with Crippen LogP contribution in [0.1, 0.15) is 32.1 Å². The minimum absolute atomic E-state index is 0.00863. The molecule has 1 saturated carbocycles. The maximum atomic E-state index is 11.1. The topological polar surface area (TPSA) is 72.4 Å². The number of nitrogens with two attached hydrogens (primary N) is 2. The molecular weight excluding hydrogens is 178 g/mol. The molecule has 1 amide bonds. The van der Waals surface area contributed by atoms with E-state index in [9.17, 15) is 4.79 Å². The van der Waals surface area contributed by atoms with Crippen LogP contribution < -0.4 is 11.5 Å². The quantitative estimate of drug-likeness (QED) is 0.645. The molecule has 0 bridgehead atoms. The molecule has 80 valence electrons. The first-order chi connectivity index (χ1) is 6.68. The minimum atomic E-state index is -0.161. The van der Waals surface area contributed by atoms with Crippen molar-refractivity contribution < 1.29 is 4.79 Å². The number of nitrogens with zero attached hydrogens (tertiary/aromatic N) is 1. The smallest absolute Gasteiger partial charge is 0.234 e. The lowest BCUT2D eigenvalue weighted by atomic mass is 9.87. The Labute approximate surface area is 84.6 Å². The Kier molecular flexibility index (Phi) is 2.74. The Morgan fingerprint density at radius 1 is 1.14 bits per heavy atom. The fourth-order valence-electron chi connectivity index (χ4n) is 2.58. The molecule has 2 rings (SSSR count). The fraction of sp³-hybridized carbons (Fsp3) is 0.900. The third-order valence-corrected chi connectivity index (χ3v) is 3.60. The number of carbonyl (C=O) groups excluding carboxylic acids is 1. The van der Waals surface area contributed by atoms with Gasteiger partial charge in [-0.2, -0.15) is 0 Å². The van der Waals surface area contributed by atoms with E-state index in [0.29, 0.717) is 12.1 Å². The van der Waals surface area contributed by atoms with Crippen LogP contribution in [0.2, 0.25) is 0 Å². The number of carbonyl (C=O) groups is 1. The van der Waals surface area contributed by atoms with Crippen molar-refractivity contribution in [3.63, 3.8) is 0 Å². The molecule has 1 unspecified atom stereocenters. The van der Waals surface area contributed by atoms with Gasteiger partial charge in [0.1, 0.15) is 0 Å². The largest absolute Gasteiger partial charge is 0.368 e. The van der Waals surface area contributed by atoms with Gasteiger partial charge in [-0.1, -0.05) is 0 Å². The maximum Gasteiger partial charge on any atom is 0.234 e. The van der Waals surface area contributed by atoms with Crippen LogP contribution in [0.15, 0.2) is 0 Å². The SMILES string of the molecule is NC(=O)C1CCN1C1CCC(N)CC1. The van der Waals surface area contributed by atoms with Crippen molar-refractivity contribution in [2.45, 2.75) is 50.2 Å². The lowest BCUT2D eigenvalue weighted by Crippen LogP contribution is -2.59. The summed E-state index contributed by atoms with van der Waals surface area (Å²) >= 11 is 0. The average Bonchev–Trinajstić information content (AvgIpc) is 2.05. The summed E-state index contributed by atoms with van der Waals surface area (Å²) in [7, 11) is 0. The highest BCUT2D eigenvalue weighted by Crippen LogP contribution is 2.29. The van der Waals surface area contributed by atoms with Crippen LogP contribution in [-0.4, -0.2) is 35.5 Å². The summed E-state index contributed by atoms with van der Waals surface area (Å²) in [5, 5.41) is 0. The maximum absolute atomic E-state index is 11.1. The van der Waals surface area contributed by atoms with Gasteiger partial charge in [-0.25, -0.2) is 0 Å². The van der Waals surface area contributed by atoms with Crippen molar-refractivity contribution in [1.82, 2.24) is 4.90 Å². The molecule has 2 fully saturated rings. The molecular formula is C10H19N3O. The highest BCUT2D eigenvalue weighted by Gasteiger charge is 2.38. The van der Waals surface area contributed by atoms with Gasteiger partial charge in [0.25, 0.3) is 0 Å². The van der Waals surface area contributed by atoms with E-state index in [-0.39, 0.29) is 11.9 Å². The van der Waals surface area contributed by atoms with Crippen LogP contribution >= 0.6 is 0 Å². The van der Waals surface area contributed by atoms with Crippen molar-refractivity contribution in [3.8, 4) is 0 Å². The first-order valence-corrected chi connectivity index (χ1v) is 5.49. The van der Waals surface area contributed by atoms with Crippen molar-refractivity contribution in [3.05, 3.63) is 0 Å². The second-order valence-electron chi connectivity index (χ2n) is 4.51. The second kappa shape index (κ2) is 3.87. The Bertz CT molecular complexity index is 223. The van der Waals surface area contributed by atoms with Gasteiger partial charge < -0.3 is 11.5 Å². The molecule has 4 nitrogen and oxygen atoms in total. The summed E-state index contributed by atoms with van der Waals surface area (Å²) < 4.78 is 0. The normalized spacial score (nSPS) is 39.1. The molecule has 0 aromatic carbocycles. The van der Waals surface area contributed by atoms with Crippen LogP contribution in [-0.2, 0) is 4.79 Å². The zero-order valence-corrected chi connectivity index (χ0v) is 8.48. The molecule has 0 radical (unpaired) electrons. The van der Waals surface area contributed by atoms with Gasteiger partial charge in [-0.3, -0.25) is 9.69 Å². The van der Waals surface area contributed by atoms with Gasteiger partial charge in [-0.15, -0.1) is 0 Å². The summed E-state index contributed by atoms with van der Waals surface area (Å²) in [6.07, 6.45) is 5.38. The molecule has 0 aromatic heterocycles. The molecule has 1 heterocycles. The summed E-state index contributed by atoms with van der Waals surface area (Å²) in [6, 6.07) is 0.940. The number of amides is 1. The van der Waals surface area contributed by atoms with Crippen LogP contribution in [0.5, 0.6) is 0 Å². The van der Waals surface area contributed by atoms with Crippen LogP contribution in [0, 0.1) is 0 Å². The lowest BCUT2D eigenvalue weighted by molar-refractivity contribution is -0.130. The van der Waals surface area contributed by atoms with E-state index in [1.54, 1.807) is 0 Å². The van der Waals surface area contributed by atoms with Crippen molar-refractivity contribution >= 4 is 5.91 Å². The van der Waals surface area contributed by atoms with Crippen molar-refractivity contribution in [2.24, 2.45) is 11.5 Å². The molecule has 4 N–H and O–H groups in total. The van der Waals surface area contributed by atoms with E-state index in [0.717, 1.165) is 38.6 Å². The summed E-state index contributed by atoms with van der Waals surface area (Å²) in [5.74, 6) is -0.161. The predicted molar refractivity (Wildman–Crippen MR) is 54.5 cm³/mol. The molecule has 0 aromatic rings. The highest BCUT2D eigenvalue weighted by molar-refractivity contribution is 5.80. The Hall–Kier alpha value is -0.610. The predicted octanol–water partition coefficient (Wildman–Crippen LogP) is -0.184. The van der Waals surface area contributed by atoms with E-state index in [1.807, 2.05) is 0 Å². The minimum Gasteiger partial charge on any atom is -0.368 e. The van der Waals surface area contributed by atoms with Gasteiger partial charge in [-0.05, 0) is 32.1 Å². The number of rotatable bonds is 2. The number of likely N-dealkylation sites (tertiary alicyclic amines) is 1. The standard InChI is InChI=1S/C10H19N3O/c11-7-1-3-8(4-2-7)13-6-5-9(13)10(12)14/h7-9H,1-6,11H2,(H2,12,14). The summed E-state index contributed by atoms with van der Waals surface area (Å²) in [5.41, 5.74) is 11.2. The fourth-order valence-corrected chi connectivity index (χ4v) is 2.58. The summed E-state index contributed by atoms with van der Waals surface area (Å²) in [6.45, 7) is 1.04. The van der Waals surface area contributed by atoms with Crippen molar-refractivity contribution in [2.75, 3.05) is 6.54 Å². The number of primary amides is 1. The van der Waals surface area contributed by atoms with E-state index in [4.69, 9.17) is 11.5 Å². The van der Waals surface area contributed by atoms with Gasteiger partial charge in [0, 0.05) is 18.6 Å². The third-order valence-electron chi connectivity index (χ3n) is 3.60. The Balaban J connectivity index is 1.87. The Morgan fingerprint density at radius 2 is 1.79 bits per heavy atom. The zero-order chi connectivity index (χ0) is 10.1. The van der Waals surface area contributed by atoms with Crippen LogP contribution in [0.4, 0.5) is 0 Å². The molecule has 1 aliphatic heterocycles. The van der Waals surface area contributed by atoms with Gasteiger partial charge >= 0.3 is 0 Å². The average molecular weight is 197 g/mol. The second-order valence-corrected chi connectivity index (χ2v) is 4.51. The Morgan fingerprint density at radius 3 is 2.21 bits per heavy atom. The first kappa shape index (κ1) is 9.93. The van der Waals surface area contributed by atoms with E-state index in [1.165, 1.54) is 0 Å². The number of hydrogen-bond acceptors (Lipinski definition) is 3. The molecule has 1 aliphatic carbocycles.